The van der Waals surface area contributed by atoms with Crippen LogP contribution in [-0.2, 0) is 24.4 Å². The zero-order valence-electron chi connectivity index (χ0n) is 17.3. The first-order valence-corrected chi connectivity index (χ1v) is 9.85. The molecule has 1 aromatic carbocycles. The van der Waals surface area contributed by atoms with Crippen molar-refractivity contribution < 1.29 is 23.8 Å². The highest BCUT2D eigenvalue weighted by atomic mass is 19.3. The Morgan fingerprint density at radius 1 is 1.20 bits per heavy atom. The normalized spacial score (nSPS) is 15.0. The predicted molar refractivity (Wildman–Crippen MR) is 110 cm³/mol. The van der Waals surface area contributed by atoms with E-state index in [-0.39, 0.29) is 42.1 Å². The number of aliphatic hydroxyl groups is 2. The molecule has 1 atom stereocenters. The monoisotopic (exact) mass is 416 g/mol. The average Bonchev–Trinajstić information content (AvgIpc) is 3.09. The summed E-state index contributed by atoms with van der Waals surface area (Å²) in [6.07, 6.45) is 0.0903. The van der Waals surface area contributed by atoms with Crippen molar-refractivity contribution in [1.29, 1.82) is 0 Å². The van der Waals surface area contributed by atoms with Crippen molar-refractivity contribution in [3.05, 3.63) is 64.5 Å². The van der Waals surface area contributed by atoms with Gasteiger partial charge in [-0.3, -0.25) is 14.8 Å². The van der Waals surface area contributed by atoms with Crippen LogP contribution in [0.15, 0.2) is 41.4 Å². The summed E-state index contributed by atoms with van der Waals surface area (Å²) in [5, 5.41) is 20.2. The number of aliphatic hydroxyl groups excluding tert-OH is 1. The Bertz CT molecular complexity index is 961. The molecule has 1 aliphatic rings. The molecule has 0 amide bonds. The number of hydrogen-bond acceptors (Lipinski definition) is 5. The summed E-state index contributed by atoms with van der Waals surface area (Å²) >= 11 is 0. The maximum absolute atomic E-state index is 13.8. The summed E-state index contributed by atoms with van der Waals surface area (Å²) in [5.41, 5.74) is 0.609. The molecular formula is C23H26F2N2O3. The number of aromatic nitrogens is 1. The van der Waals surface area contributed by atoms with Gasteiger partial charge < -0.3 is 10.2 Å². The highest BCUT2D eigenvalue weighted by Crippen LogP contribution is 2.33. The summed E-state index contributed by atoms with van der Waals surface area (Å²) in [6.45, 7) is 3.65. The number of rotatable bonds is 8. The maximum Gasteiger partial charge on any atom is 0.287 e. The average molecular weight is 416 g/mol. The van der Waals surface area contributed by atoms with Crippen molar-refractivity contribution in [2.45, 2.75) is 64.2 Å². The number of nitrogens with zero attached hydrogens (tertiary/aromatic N) is 2. The number of Topliss-reactive ketones (excluding diaryl/α,β-unsaturated/α-hetero) is 1. The molecule has 0 radical (unpaired) electrons. The highest BCUT2D eigenvalue weighted by Gasteiger charge is 2.37. The van der Waals surface area contributed by atoms with E-state index < -0.39 is 24.0 Å². The highest BCUT2D eigenvalue weighted by molar-refractivity contribution is 6.09. The molecule has 2 heterocycles. The van der Waals surface area contributed by atoms with Crippen molar-refractivity contribution in [2.75, 3.05) is 0 Å². The summed E-state index contributed by atoms with van der Waals surface area (Å²) in [5.74, 6) is -3.67. The molecule has 0 spiro atoms. The number of carbonyl (C=O) groups excluding carboxylic acids is 1. The van der Waals surface area contributed by atoms with Crippen LogP contribution >= 0.6 is 0 Å². The molecule has 0 saturated carbocycles. The van der Waals surface area contributed by atoms with Gasteiger partial charge in [-0.05, 0) is 31.0 Å². The number of ketones is 1. The number of alkyl halides is 2. The summed E-state index contributed by atoms with van der Waals surface area (Å²) in [7, 11) is 0. The third-order valence-corrected chi connectivity index (χ3v) is 5.30. The van der Waals surface area contributed by atoms with E-state index in [4.69, 9.17) is 0 Å². The smallest absolute Gasteiger partial charge is 0.287 e. The lowest BCUT2D eigenvalue weighted by molar-refractivity contribution is -0.120. The summed E-state index contributed by atoms with van der Waals surface area (Å²) < 4.78 is 27.7. The topological polar surface area (TPSA) is 82.8 Å². The number of benzene rings is 1. The molecule has 7 heteroatoms. The lowest BCUT2D eigenvalue weighted by atomic mass is 9.80. The minimum atomic E-state index is -3.14. The van der Waals surface area contributed by atoms with Crippen LogP contribution in [0.2, 0.25) is 0 Å². The van der Waals surface area contributed by atoms with E-state index in [9.17, 15) is 23.8 Å². The zero-order valence-corrected chi connectivity index (χ0v) is 17.3. The van der Waals surface area contributed by atoms with Gasteiger partial charge in [-0.2, -0.15) is 8.78 Å². The summed E-state index contributed by atoms with van der Waals surface area (Å²) in [6, 6.07) is 10.9. The first-order chi connectivity index (χ1) is 14.0. The Morgan fingerprint density at radius 3 is 2.43 bits per heavy atom. The Hall–Kier alpha value is -2.51. The van der Waals surface area contributed by atoms with Gasteiger partial charge in [0, 0.05) is 36.9 Å². The molecule has 0 unspecified atom stereocenters. The van der Waals surface area contributed by atoms with E-state index in [0.717, 1.165) is 12.5 Å². The molecule has 1 aliphatic heterocycles. The van der Waals surface area contributed by atoms with Gasteiger partial charge in [-0.1, -0.05) is 30.3 Å². The molecule has 0 fully saturated rings. The number of aliphatic imine (C=N–C) groups is 1. The van der Waals surface area contributed by atoms with Crippen molar-refractivity contribution in [3.8, 4) is 0 Å². The van der Waals surface area contributed by atoms with Gasteiger partial charge in [0.2, 0.25) is 0 Å². The molecule has 0 bridgehead atoms. The van der Waals surface area contributed by atoms with Gasteiger partial charge in [0.1, 0.15) is 11.5 Å². The van der Waals surface area contributed by atoms with Crippen LogP contribution in [0.4, 0.5) is 8.78 Å². The van der Waals surface area contributed by atoms with E-state index in [1.165, 1.54) is 0 Å². The Balaban J connectivity index is 1.82. The Morgan fingerprint density at radius 2 is 1.87 bits per heavy atom. The standard InChI is InChI=1S/C23H26F2N2O3/c1-22(2,30)18(14-7-5-4-6-8-14)11-17(29)10-16-9-15-12-26-21(23(3,24)25)20(15)19(13-28)27-16/h4-9,18,28,30H,10-13H2,1-3H3/t18-/m0/s1. The van der Waals surface area contributed by atoms with Gasteiger partial charge in [0.15, 0.2) is 0 Å². The second-order valence-electron chi connectivity index (χ2n) is 8.34. The lowest BCUT2D eigenvalue weighted by Crippen LogP contribution is -2.31. The van der Waals surface area contributed by atoms with Crippen LogP contribution in [0.3, 0.4) is 0 Å². The minimum absolute atomic E-state index is 0.0163. The van der Waals surface area contributed by atoms with Crippen molar-refractivity contribution >= 4 is 11.5 Å². The number of halogens is 2. The van der Waals surface area contributed by atoms with Crippen molar-refractivity contribution in [1.82, 2.24) is 4.98 Å². The van der Waals surface area contributed by atoms with Gasteiger partial charge in [-0.25, -0.2) is 0 Å². The molecule has 1 aromatic heterocycles. The van der Waals surface area contributed by atoms with Crippen LogP contribution in [0.5, 0.6) is 0 Å². The SMILES string of the molecule is CC(F)(F)C1=NCc2cc(CC(=O)C[C@@H](c3ccccc3)C(C)(C)O)nc(CO)c21. The maximum atomic E-state index is 13.8. The number of fused-ring (bicyclic) bond motifs is 1. The fourth-order valence-electron chi connectivity index (χ4n) is 3.90. The van der Waals surface area contributed by atoms with E-state index in [0.29, 0.717) is 11.3 Å². The van der Waals surface area contributed by atoms with E-state index in [1.54, 1.807) is 19.9 Å². The van der Waals surface area contributed by atoms with Crippen LogP contribution in [0.1, 0.15) is 61.2 Å². The fraction of sp³-hybridized carbons (Fsp3) is 0.435. The molecule has 3 rings (SSSR count). The van der Waals surface area contributed by atoms with Gasteiger partial charge in [-0.15, -0.1) is 0 Å². The third-order valence-electron chi connectivity index (χ3n) is 5.30. The van der Waals surface area contributed by atoms with E-state index in [1.807, 2.05) is 30.3 Å². The molecule has 30 heavy (non-hydrogen) atoms. The molecule has 0 saturated heterocycles. The lowest BCUT2D eigenvalue weighted by Gasteiger charge is -2.29. The predicted octanol–water partition coefficient (Wildman–Crippen LogP) is 3.59. The number of hydrogen-bond donors (Lipinski definition) is 2. The molecule has 0 aliphatic carbocycles. The largest absolute Gasteiger partial charge is 0.390 e. The molecule has 2 aromatic rings. The Kier molecular flexibility index (Phi) is 6.15. The second kappa shape index (κ2) is 8.32. The third kappa shape index (κ3) is 4.79. The van der Waals surface area contributed by atoms with Crippen molar-refractivity contribution in [3.63, 3.8) is 0 Å². The molecular weight excluding hydrogens is 390 g/mol. The van der Waals surface area contributed by atoms with Crippen LogP contribution in [0, 0.1) is 0 Å². The van der Waals surface area contributed by atoms with Crippen molar-refractivity contribution in [2.24, 2.45) is 4.99 Å². The molecule has 5 nitrogen and oxygen atoms in total. The van der Waals surface area contributed by atoms with Crippen LogP contribution < -0.4 is 0 Å². The molecule has 2 N–H and O–H groups in total. The fourth-order valence-corrected chi connectivity index (χ4v) is 3.90. The second-order valence-corrected chi connectivity index (χ2v) is 8.34. The van der Waals surface area contributed by atoms with Gasteiger partial charge in [0.05, 0.1) is 24.4 Å². The van der Waals surface area contributed by atoms with E-state index in [2.05, 4.69) is 9.98 Å². The molecule has 160 valence electrons. The van der Waals surface area contributed by atoms with Gasteiger partial charge in [0.25, 0.3) is 5.92 Å². The van der Waals surface area contributed by atoms with Crippen LogP contribution in [-0.4, -0.2) is 38.2 Å². The Labute approximate surface area is 174 Å². The van der Waals surface area contributed by atoms with E-state index >= 15 is 0 Å². The zero-order chi connectivity index (χ0) is 22.1. The number of carbonyl (C=O) groups is 1. The number of pyridine rings is 1. The first kappa shape index (κ1) is 22.2. The minimum Gasteiger partial charge on any atom is -0.390 e. The van der Waals surface area contributed by atoms with Gasteiger partial charge >= 0.3 is 0 Å². The first-order valence-electron chi connectivity index (χ1n) is 9.85. The quantitative estimate of drug-likeness (QED) is 0.689. The van der Waals surface area contributed by atoms with Crippen LogP contribution in [0.25, 0.3) is 0 Å². The summed E-state index contributed by atoms with van der Waals surface area (Å²) in [4.78, 5) is 21.0.